The van der Waals surface area contributed by atoms with Gasteiger partial charge in [-0.05, 0) is 37.6 Å². The van der Waals surface area contributed by atoms with Gasteiger partial charge < -0.3 is 10.3 Å². The number of aromatic nitrogens is 1. The normalized spacial score (nSPS) is 11.4. The first-order valence-corrected chi connectivity index (χ1v) is 6.67. The number of halogens is 3. The van der Waals surface area contributed by atoms with Crippen molar-refractivity contribution < 1.29 is 9.18 Å². The summed E-state index contributed by atoms with van der Waals surface area (Å²) in [6, 6.07) is 5.61. The maximum atomic E-state index is 13.1. The molecule has 0 spiro atoms. The van der Waals surface area contributed by atoms with Gasteiger partial charge in [0, 0.05) is 11.2 Å². The monoisotopic (exact) mass is 314 g/mol. The molecule has 2 aromatic rings. The Bertz CT molecular complexity index is 652. The zero-order valence-corrected chi connectivity index (χ0v) is 12.4. The molecule has 2 N–H and O–H groups in total. The van der Waals surface area contributed by atoms with Gasteiger partial charge in [0.2, 0.25) is 0 Å². The summed E-state index contributed by atoms with van der Waals surface area (Å²) >= 11 is 11.8. The number of rotatable bonds is 3. The van der Waals surface area contributed by atoms with Crippen LogP contribution in [-0.2, 0) is 5.54 Å². The van der Waals surface area contributed by atoms with Crippen LogP contribution in [0.2, 0.25) is 10.0 Å². The first kappa shape index (κ1) is 14.9. The van der Waals surface area contributed by atoms with Crippen LogP contribution in [0.3, 0.4) is 0 Å². The maximum Gasteiger partial charge on any atom is 0.268 e. The average Bonchev–Trinajstić information content (AvgIpc) is 2.74. The third kappa shape index (κ3) is 3.14. The van der Waals surface area contributed by atoms with E-state index < -0.39 is 11.4 Å². The molecule has 1 heterocycles. The van der Waals surface area contributed by atoms with Gasteiger partial charge in [-0.2, -0.15) is 0 Å². The van der Waals surface area contributed by atoms with Gasteiger partial charge in [0.1, 0.15) is 11.5 Å². The molecule has 0 unspecified atom stereocenters. The highest BCUT2D eigenvalue weighted by Gasteiger charge is 2.26. The van der Waals surface area contributed by atoms with Gasteiger partial charge in [-0.25, -0.2) is 4.39 Å². The van der Waals surface area contributed by atoms with Crippen LogP contribution in [0.15, 0.2) is 30.5 Å². The maximum absolute atomic E-state index is 13.1. The molecule has 0 aliphatic heterocycles. The summed E-state index contributed by atoms with van der Waals surface area (Å²) in [4.78, 5) is 14.9. The van der Waals surface area contributed by atoms with Gasteiger partial charge in [0.15, 0.2) is 0 Å². The summed E-state index contributed by atoms with van der Waals surface area (Å²) in [5.74, 6) is -0.737. The van der Waals surface area contributed by atoms with Crippen molar-refractivity contribution in [1.82, 2.24) is 10.3 Å². The standard InChI is InChI=1S/C14H13Cl2FN2O/c1-14(2,10-4-3-9(17)6-11(10)16)19-13(20)12-5-8(15)7-18-12/h3-7,18H,1-2H3,(H,19,20). The number of nitrogens with one attached hydrogen (secondary N) is 2. The van der Waals surface area contributed by atoms with E-state index in [1.165, 1.54) is 24.4 Å². The minimum Gasteiger partial charge on any atom is -0.356 e. The van der Waals surface area contributed by atoms with Crippen molar-refractivity contribution in [2.75, 3.05) is 0 Å². The van der Waals surface area contributed by atoms with Gasteiger partial charge in [-0.1, -0.05) is 29.3 Å². The number of carbonyl (C=O) groups is 1. The highest BCUT2D eigenvalue weighted by atomic mass is 35.5. The second-order valence-electron chi connectivity index (χ2n) is 4.93. The Balaban J connectivity index is 2.24. The Hall–Kier alpha value is -1.52. The van der Waals surface area contributed by atoms with Crippen molar-refractivity contribution in [2.24, 2.45) is 0 Å². The predicted octanol–water partition coefficient (Wildman–Crippen LogP) is 4.13. The van der Waals surface area contributed by atoms with Gasteiger partial charge >= 0.3 is 0 Å². The van der Waals surface area contributed by atoms with E-state index in [0.717, 1.165) is 0 Å². The van der Waals surface area contributed by atoms with Gasteiger partial charge in [-0.3, -0.25) is 4.79 Å². The fourth-order valence-corrected chi connectivity index (χ4v) is 2.48. The SMILES string of the molecule is CC(C)(NC(=O)c1cc(Cl)c[nH]1)c1ccc(F)cc1Cl. The van der Waals surface area contributed by atoms with E-state index in [1.54, 1.807) is 19.9 Å². The molecule has 0 aliphatic carbocycles. The molecule has 106 valence electrons. The van der Waals surface area contributed by atoms with E-state index in [0.29, 0.717) is 16.3 Å². The molecule has 1 amide bonds. The molecule has 0 fully saturated rings. The minimum atomic E-state index is -0.751. The molecule has 0 aliphatic rings. The molecular formula is C14H13Cl2FN2O. The van der Waals surface area contributed by atoms with Crippen LogP contribution in [-0.4, -0.2) is 10.9 Å². The molecule has 3 nitrogen and oxygen atoms in total. The molecule has 6 heteroatoms. The molecule has 0 saturated heterocycles. The number of benzene rings is 1. The summed E-state index contributed by atoms with van der Waals surface area (Å²) in [5, 5.41) is 3.54. The molecule has 2 rings (SSSR count). The fraction of sp³-hybridized carbons (Fsp3) is 0.214. The fourth-order valence-electron chi connectivity index (χ4n) is 1.91. The van der Waals surface area contributed by atoms with Crippen LogP contribution >= 0.6 is 23.2 Å². The third-order valence-electron chi connectivity index (χ3n) is 2.92. The highest BCUT2D eigenvalue weighted by molar-refractivity contribution is 6.31. The topological polar surface area (TPSA) is 44.9 Å². The smallest absolute Gasteiger partial charge is 0.268 e. The zero-order chi connectivity index (χ0) is 14.9. The van der Waals surface area contributed by atoms with E-state index in [1.807, 2.05) is 0 Å². The Kier molecular flexibility index (Phi) is 4.06. The van der Waals surface area contributed by atoms with Crippen LogP contribution in [0.1, 0.15) is 29.9 Å². The highest BCUT2D eigenvalue weighted by Crippen LogP contribution is 2.28. The minimum absolute atomic E-state index is 0.264. The van der Waals surface area contributed by atoms with Crippen LogP contribution < -0.4 is 5.32 Å². The number of carbonyl (C=O) groups excluding carboxylic acids is 1. The lowest BCUT2D eigenvalue weighted by Gasteiger charge is -2.27. The molecule has 1 aromatic heterocycles. The average molecular weight is 315 g/mol. The molecule has 0 radical (unpaired) electrons. The predicted molar refractivity (Wildman–Crippen MR) is 77.7 cm³/mol. The third-order valence-corrected chi connectivity index (χ3v) is 3.45. The second kappa shape index (κ2) is 5.46. The Morgan fingerprint density at radius 1 is 1.30 bits per heavy atom. The van der Waals surface area contributed by atoms with E-state index in [2.05, 4.69) is 10.3 Å². The van der Waals surface area contributed by atoms with Crippen LogP contribution in [0, 0.1) is 5.82 Å². The van der Waals surface area contributed by atoms with Crippen LogP contribution in [0.4, 0.5) is 4.39 Å². The largest absolute Gasteiger partial charge is 0.356 e. The molecular weight excluding hydrogens is 302 g/mol. The van der Waals surface area contributed by atoms with Crippen LogP contribution in [0.25, 0.3) is 0 Å². The lowest BCUT2D eigenvalue weighted by Crippen LogP contribution is -2.41. The van der Waals surface area contributed by atoms with E-state index in [9.17, 15) is 9.18 Å². The van der Waals surface area contributed by atoms with Crippen molar-refractivity contribution in [2.45, 2.75) is 19.4 Å². The van der Waals surface area contributed by atoms with Gasteiger partial charge in [0.05, 0.1) is 10.6 Å². The molecule has 0 saturated carbocycles. The lowest BCUT2D eigenvalue weighted by molar-refractivity contribution is 0.0907. The summed E-state index contributed by atoms with van der Waals surface area (Å²) in [6.45, 7) is 3.57. The first-order valence-electron chi connectivity index (χ1n) is 5.91. The van der Waals surface area contributed by atoms with Gasteiger partial charge in [-0.15, -0.1) is 0 Å². The van der Waals surface area contributed by atoms with Crippen molar-refractivity contribution in [3.05, 3.63) is 57.6 Å². The quantitative estimate of drug-likeness (QED) is 0.879. The molecule has 0 bridgehead atoms. The Morgan fingerprint density at radius 3 is 2.55 bits per heavy atom. The first-order chi connectivity index (χ1) is 9.29. The zero-order valence-electron chi connectivity index (χ0n) is 10.9. The van der Waals surface area contributed by atoms with Crippen molar-refractivity contribution >= 4 is 29.1 Å². The van der Waals surface area contributed by atoms with E-state index >= 15 is 0 Å². The number of aromatic amines is 1. The van der Waals surface area contributed by atoms with Crippen molar-refractivity contribution in [3.8, 4) is 0 Å². The van der Waals surface area contributed by atoms with Crippen molar-refractivity contribution in [3.63, 3.8) is 0 Å². The lowest BCUT2D eigenvalue weighted by atomic mass is 9.94. The summed E-state index contributed by atoms with van der Waals surface area (Å²) in [7, 11) is 0. The molecule has 0 atom stereocenters. The summed E-state index contributed by atoms with van der Waals surface area (Å²) in [6.07, 6.45) is 1.52. The number of hydrogen-bond acceptors (Lipinski definition) is 1. The molecule has 1 aromatic carbocycles. The van der Waals surface area contributed by atoms with E-state index in [-0.39, 0.29) is 10.9 Å². The number of amides is 1. The van der Waals surface area contributed by atoms with Crippen LogP contribution in [0.5, 0.6) is 0 Å². The Labute approximate surface area is 126 Å². The van der Waals surface area contributed by atoms with Gasteiger partial charge in [0.25, 0.3) is 5.91 Å². The van der Waals surface area contributed by atoms with E-state index in [4.69, 9.17) is 23.2 Å². The summed E-state index contributed by atoms with van der Waals surface area (Å²) in [5.41, 5.74) is 0.229. The summed E-state index contributed by atoms with van der Waals surface area (Å²) < 4.78 is 13.1. The molecule has 20 heavy (non-hydrogen) atoms. The second-order valence-corrected chi connectivity index (χ2v) is 5.78. The number of H-pyrrole nitrogens is 1. The van der Waals surface area contributed by atoms with Crippen molar-refractivity contribution in [1.29, 1.82) is 0 Å². The number of hydrogen-bond donors (Lipinski definition) is 2. The Morgan fingerprint density at radius 2 is 2.00 bits per heavy atom.